The minimum atomic E-state index is 0.0103. The van der Waals surface area contributed by atoms with Crippen LogP contribution in [0.3, 0.4) is 0 Å². The fourth-order valence-electron chi connectivity index (χ4n) is 3.85. The Morgan fingerprint density at radius 2 is 1.68 bits per heavy atom. The maximum absolute atomic E-state index is 13.6. The fraction of sp³-hybridized carbons (Fsp3) is 0.154. The Morgan fingerprint density at radius 1 is 0.935 bits per heavy atom. The topological polar surface area (TPSA) is 34.9 Å². The van der Waals surface area contributed by atoms with Gasteiger partial charge in [0.15, 0.2) is 5.16 Å². The zero-order chi connectivity index (χ0) is 21.5. The van der Waals surface area contributed by atoms with Crippen molar-refractivity contribution in [2.75, 3.05) is 0 Å². The Labute approximate surface area is 189 Å². The molecule has 0 N–H and O–H groups in total. The Balaban J connectivity index is 1.65. The van der Waals surface area contributed by atoms with Crippen LogP contribution in [0.15, 0.2) is 76.7 Å². The van der Waals surface area contributed by atoms with Crippen LogP contribution < -0.4 is 5.56 Å². The summed E-state index contributed by atoms with van der Waals surface area (Å²) in [4.78, 5) is 20.5. The molecule has 0 saturated carbocycles. The van der Waals surface area contributed by atoms with Crippen molar-refractivity contribution in [1.29, 1.82) is 0 Å². The van der Waals surface area contributed by atoms with Crippen molar-refractivity contribution < 1.29 is 0 Å². The SMILES string of the molecule is Cc1ccc(-n2c(SCc3cccc4ccccc34)nc3sc(C)c(C)c3c2=O)cc1. The van der Waals surface area contributed by atoms with E-state index in [1.54, 1.807) is 27.7 Å². The van der Waals surface area contributed by atoms with Crippen molar-refractivity contribution in [3.05, 3.63) is 98.7 Å². The molecule has 0 saturated heterocycles. The number of aromatic nitrogens is 2. The molecule has 0 aliphatic rings. The minimum Gasteiger partial charge on any atom is -0.268 e. The first-order valence-corrected chi connectivity index (χ1v) is 12.0. The van der Waals surface area contributed by atoms with E-state index in [4.69, 9.17) is 4.98 Å². The number of aryl methyl sites for hydroxylation is 3. The molecule has 5 aromatic rings. The molecule has 2 heterocycles. The van der Waals surface area contributed by atoms with Crippen LogP contribution in [-0.4, -0.2) is 9.55 Å². The first-order valence-electron chi connectivity index (χ1n) is 10.2. The van der Waals surface area contributed by atoms with Gasteiger partial charge in [-0.25, -0.2) is 4.98 Å². The van der Waals surface area contributed by atoms with Crippen molar-refractivity contribution >= 4 is 44.1 Å². The highest BCUT2D eigenvalue weighted by Crippen LogP contribution is 2.32. The Kier molecular flexibility index (Phi) is 5.16. The number of rotatable bonds is 4. The number of nitrogens with zero attached hydrogens (tertiary/aromatic N) is 2. The van der Waals surface area contributed by atoms with Crippen molar-refractivity contribution in [2.45, 2.75) is 31.7 Å². The summed E-state index contributed by atoms with van der Waals surface area (Å²) in [6, 6.07) is 22.9. The number of thiophene rings is 1. The van der Waals surface area contributed by atoms with E-state index in [1.807, 2.05) is 31.2 Å². The average molecular weight is 443 g/mol. The lowest BCUT2D eigenvalue weighted by Gasteiger charge is -2.13. The molecule has 2 aromatic heterocycles. The number of hydrogen-bond donors (Lipinski definition) is 0. The number of thioether (sulfide) groups is 1. The summed E-state index contributed by atoms with van der Waals surface area (Å²) in [7, 11) is 0. The molecule has 5 heteroatoms. The monoisotopic (exact) mass is 442 g/mol. The predicted molar refractivity (Wildman–Crippen MR) is 133 cm³/mol. The second-order valence-corrected chi connectivity index (χ2v) is 9.91. The van der Waals surface area contributed by atoms with Gasteiger partial charge in [0.05, 0.1) is 11.1 Å². The third-order valence-corrected chi connectivity index (χ3v) is 7.79. The van der Waals surface area contributed by atoms with Crippen LogP contribution >= 0.6 is 23.1 Å². The number of hydrogen-bond acceptors (Lipinski definition) is 4. The maximum Gasteiger partial charge on any atom is 0.267 e. The minimum absolute atomic E-state index is 0.0103. The highest BCUT2D eigenvalue weighted by molar-refractivity contribution is 7.98. The largest absolute Gasteiger partial charge is 0.268 e. The van der Waals surface area contributed by atoms with Crippen molar-refractivity contribution in [1.82, 2.24) is 9.55 Å². The van der Waals surface area contributed by atoms with Crippen LogP contribution in [0.4, 0.5) is 0 Å². The van der Waals surface area contributed by atoms with Gasteiger partial charge in [-0.2, -0.15) is 0 Å². The second kappa shape index (κ2) is 7.98. The van der Waals surface area contributed by atoms with E-state index in [0.29, 0.717) is 0 Å². The van der Waals surface area contributed by atoms with E-state index in [2.05, 4.69) is 56.3 Å². The molecule has 3 nitrogen and oxygen atoms in total. The van der Waals surface area contributed by atoms with Gasteiger partial charge in [0.25, 0.3) is 5.56 Å². The van der Waals surface area contributed by atoms with E-state index in [1.165, 1.54) is 21.9 Å². The van der Waals surface area contributed by atoms with Crippen LogP contribution in [0, 0.1) is 20.8 Å². The highest BCUT2D eigenvalue weighted by atomic mass is 32.2. The molecule has 31 heavy (non-hydrogen) atoms. The van der Waals surface area contributed by atoms with Crippen LogP contribution in [0.5, 0.6) is 0 Å². The molecule has 5 rings (SSSR count). The summed E-state index contributed by atoms with van der Waals surface area (Å²) in [6.45, 7) is 6.12. The summed E-state index contributed by atoms with van der Waals surface area (Å²) in [5.74, 6) is 0.745. The third kappa shape index (κ3) is 3.58. The normalized spacial score (nSPS) is 11.5. The average Bonchev–Trinajstić information content (AvgIpc) is 3.07. The maximum atomic E-state index is 13.6. The fourth-order valence-corrected chi connectivity index (χ4v) is 5.94. The summed E-state index contributed by atoms with van der Waals surface area (Å²) in [5, 5.41) is 3.93. The molecule has 0 fully saturated rings. The molecule has 0 amide bonds. The van der Waals surface area contributed by atoms with Gasteiger partial charge in [0.1, 0.15) is 4.83 Å². The quantitative estimate of drug-likeness (QED) is 0.226. The van der Waals surface area contributed by atoms with Gasteiger partial charge >= 0.3 is 0 Å². The van der Waals surface area contributed by atoms with Gasteiger partial charge in [0, 0.05) is 10.6 Å². The molecule has 0 aliphatic heterocycles. The van der Waals surface area contributed by atoms with Crippen molar-refractivity contribution in [2.24, 2.45) is 0 Å². The first-order chi connectivity index (χ1) is 15.0. The Morgan fingerprint density at radius 3 is 2.48 bits per heavy atom. The van der Waals surface area contributed by atoms with Crippen LogP contribution in [0.2, 0.25) is 0 Å². The highest BCUT2D eigenvalue weighted by Gasteiger charge is 2.18. The molecule has 0 aliphatic carbocycles. The zero-order valence-electron chi connectivity index (χ0n) is 17.7. The summed E-state index contributed by atoms with van der Waals surface area (Å²) in [5.41, 5.74) is 4.30. The molecule has 0 radical (unpaired) electrons. The van der Waals surface area contributed by atoms with Gasteiger partial charge in [-0.15, -0.1) is 11.3 Å². The van der Waals surface area contributed by atoms with E-state index < -0.39 is 0 Å². The summed E-state index contributed by atoms with van der Waals surface area (Å²) < 4.78 is 1.77. The first kappa shape index (κ1) is 20.0. The standard InChI is InChI=1S/C26H22N2OS2/c1-16-11-13-21(14-12-16)28-25(29)23-17(2)18(3)31-24(23)27-26(28)30-15-20-9-6-8-19-7-4-5-10-22(19)20/h4-14H,15H2,1-3H3. The van der Waals surface area contributed by atoms with Crippen molar-refractivity contribution in [3.8, 4) is 5.69 Å². The lowest BCUT2D eigenvalue weighted by atomic mass is 10.1. The zero-order valence-corrected chi connectivity index (χ0v) is 19.3. The van der Waals surface area contributed by atoms with Gasteiger partial charge in [0.2, 0.25) is 0 Å². The second-order valence-electron chi connectivity index (χ2n) is 7.76. The molecule has 0 atom stereocenters. The smallest absolute Gasteiger partial charge is 0.267 e. The van der Waals surface area contributed by atoms with Crippen LogP contribution in [0.1, 0.15) is 21.6 Å². The molecular weight excluding hydrogens is 420 g/mol. The van der Waals surface area contributed by atoms with E-state index in [-0.39, 0.29) is 5.56 Å². The van der Waals surface area contributed by atoms with Gasteiger partial charge in [-0.3, -0.25) is 9.36 Å². The molecule has 154 valence electrons. The van der Waals surface area contributed by atoms with E-state index >= 15 is 0 Å². The molecule has 3 aromatic carbocycles. The molecule has 0 bridgehead atoms. The molecular formula is C26H22N2OS2. The summed E-state index contributed by atoms with van der Waals surface area (Å²) >= 11 is 3.22. The number of fused-ring (bicyclic) bond motifs is 2. The van der Waals surface area contributed by atoms with Crippen LogP contribution in [0.25, 0.3) is 26.7 Å². The Bertz CT molecular complexity index is 1470. The predicted octanol–water partition coefficient (Wildman–Crippen LogP) is 6.82. The molecule has 0 unspecified atom stereocenters. The van der Waals surface area contributed by atoms with Gasteiger partial charge in [-0.05, 0) is 54.8 Å². The van der Waals surface area contributed by atoms with Crippen molar-refractivity contribution in [3.63, 3.8) is 0 Å². The van der Waals surface area contributed by atoms with Gasteiger partial charge in [-0.1, -0.05) is 71.9 Å². The van der Waals surface area contributed by atoms with Gasteiger partial charge < -0.3 is 0 Å². The van der Waals surface area contributed by atoms with E-state index in [0.717, 1.165) is 37.3 Å². The number of benzene rings is 3. The lowest BCUT2D eigenvalue weighted by molar-refractivity contribution is 0.821. The van der Waals surface area contributed by atoms with Crippen LogP contribution in [-0.2, 0) is 5.75 Å². The van der Waals surface area contributed by atoms with E-state index in [9.17, 15) is 4.79 Å². The lowest BCUT2D eigenvalue weighted by Crippen LogP contribution is -2.21. The third-order valence-electron chi connectivity index (χ3n) is 5.70. The molecule has 0 spiro atoms. The summed E-state index contributed by atoms with van der Waals surface area (Å²) in [6.07, 6.45) is 0. The Hall–Kier alpha value is -2.89.